The van der Waals surface area contributed by atoms with E-state index < -0.39 is 5.97 Å². The predicted octanol–water partition coefficient (Wildman–Crippen LogP) is 5.20. The van der Waals surface area contributed by atoms with E-state index in [1.54, 1.807) is 18.0 Å². The Morgan fingerprint density at radius 2 is 1.81 bits per heavy atom. The van der Waals surface area contributed by atoms with Gasteiger partial charge in [0.1, 0.15) is 5.56 Å². The van der Waals surface area contributed by atoms with E-state index >= 15 is 0 Å². The van der Waals surface area contributed by atoms with Crippen LogP contribution in [-0.2, 0) is 9.53 Å². The maximum absolute atomic E-state index is 13.6. The summed E-state index contributed by atoms with van der Waals surface area (Å²) in [4.78, 5) is 28.1. The van der Waals surface area contributed by atoms with E-state index in [2.05, 4.69) is 12.8 Å². The molecule has 1 aliphatic rings. The third-order valence-electron chi connectivity index (χ3n) is 6.01. The van der Waals surface area contributed by atoms with Gasteiger partial charge in [-0.2, -0.15) is 0 Å². The standard InChI is InChI=1S/C26H32N2O3/c1-6-20-10-14-22(15-11-20)27-16-23(26(30)31-7-2)24(17-27)28(18(3)4)25(29)21-12-8-19(5)9-13-21/h1,10-11,14-19,21H,7-9,12-13H2,2-5H3/t19-,21-. The zero-order valence-electron chi connectivity index (χ0n) is 18.9. The fraction of sp³-hybridized carbons (Fsp3) is 0.462. The van der Waals surface area contributed by atoms with Gasteiger partial charge in [-0.05, 0) is 76.6 Å². The van der Waals surface area contributed by atoms with Gasteiger partial charge in [0.15, 0.2) is 0 Å². The Hall–Kier alpha value is -3.00. The highest BCUT2D eigenvalue weighted by Crippen LogP contribution is 2.34. The van der Waals surface area contributed by atoms with Gasteiger partial charge in [-0.1, -0.05) is 12.8 Å². The van der Waals surface area contributed by atoms with E-state index in [0.29, 0.717) is 17.2 Å². The lowest BCUT2D eigenvalue weighted by Gasteiger charge is -2.33. The lowest BCUT2D eigenvalue weighted by molar-refractivity contribution is -0.123. The Morgan fingerprint density at radius 3 is 2.35 bits per heavy atom. The van der Waals surface area contributed by atoms with Crippen molar-refractivity contribution in [1.82, 2.24) is 4.57 Å². The lowest BCUT2D eigenvalue weighted by Crippen LogP contribution is -2.42. The Bertz CT molecular complexity index is 958. The number of amides is 1. The third kappa shape index (κ3) is 5.02. The quantitative estimate of drug-likeness (QED) is 0.477. The number of esters is 1. The number of ether oxygens (including phenoxy) is 1. The second-order valence-electron chi connectivity index (χ2n) is 8.63. The second kappa shape index (κ2) is 9.87. The molecule has 0 aliphatic heterocycles. The van der Waals surface area contributed by atoms with E-state index in [-0.39, 0.29) is 24.5 Å². The maximum atomic E-state index is 13.6. The minimum atomic E-state index is -0.424. The summed E-state index contributed by atoms with van der Waals surface area (Å²) in [6.07, 6.45) is 13.0. The molecule has 1 aromatic heterocycles. The van der Waals surface area contributed by atoms with Crippen LogP contribution in [0, 0.1) is 24.2 Å². The second-order valence-corrected chi connectivity index (χ2v) is 8.63. The third-order valence-corrected chi connectivity index (χ3v) is 6.01. The molecule has 0 radical (unpaired) electrons. The number of anilines is 1. The van der Waals surface area contributed by atoms with Crippen molar-refractivity contribution in [2.45, 2.75) is 59.4 Å². The smallest absolute Gasteiger partial charge is 0.341 e. The van der Waals surface area contributed by atoms with Gasteiger partial charge in [-0.3, -0.25) is 4.79 Å². The fourth-order valence-corrected chi connectivity index (χ4v) is 4.24. The van der Waals surface area contributed by atoms with Gasteiger partial charge in [0.05, 0.1) is 12.3 Å². The highest BCUT2D eigenvalue weighted by Gasteiger charge is 2.33. The summed E-state index contributed by atoms with van der Waals surface area (Å²) >= 11 is 0. The highest BCUT2D eigenvalue weighted by atomic mass is 16.5. The number of terminal acetylenes is 1. The molecule has 164 valence electrons. The number of aromatic nitrogens is 1. The first kappa shape index (κ1) is 22.7. The molecular weight excluding hydrogens is 388 g/mol. The molecule has 0 spiro atoms. The summed E-state index contributed by atoms with van der Waals surface area (Å²) in [7, 11) is 0. The van der Waals surface area contributed by atoms with Gasteiger partial charge in [-0.25, -0.2) is 4.79 Å². The topological polar surface area (TPSA) is 51.5 Å². The van der Waals surface area contributed by atoms with Crippen LogP contribution in [0.4, 0.5) is 5.69 Å². The maximum Gasteiger partial charge on any atom is 0.341 e. The van der Waals surface area contributed by atoms with Crippen LogP contribution in [0.2, 0.25) is 0 Å². The first-order valence-electron chi connectivity index (χ1n) is 11.1. The van der Waals surface area contributed by atoms with Crippen molar-refractivity contribution in [3.05, 3.63) is 47.8 Å². The van der Waals surface area contributed by atoms with E-state index in [1.165, 1.54) is 0 Å². The molecule has 1 heterocycles. The van der Waals surface area contributed by atoms with Crippen LogP contribution in [0.1, 0.15) is 69.3 Å². The van der Waals surface area contributed by atoms with Crippen LogP contribution in [-0.4, -0.2) is 29.1 Å². The molecule has 1 aromatic carbocycles. The van der Waals surface area contributed by atoms with E-state index in [4.69, 9.17) is 11.2 Å². The van der Waals surface area contributed by atoms with Gasteiger partial charge in [0.25, 0.3) is 0 Å². The normalized spacial score (nSPS) is 18.5. The predicted molar refractivity (Wildman–Crippen MR) is 123 cm³/mol. The molecule has 0 saturated heterocycles. The molecule has 31 heavy (non-hydrogen) atoms. The summed E-state index contributed by atoms with van der Waals surface area (Å²) in [6, 6.07) is 7.43. The van der Waals surface area contributed by atoms with E-state index in [9.17, 15) is 9.59 Å². The number of hydrogen-bond acceptors (Lipinski definition) is 3. The van der Waals surface area contributed by atoms with Crippen molar-refractivity contribution in [1.29, 1.82) is 0 Å². The van der Waals surface area contributed by atoms with Crippen LogP contribution in [0.3, 0.4) is 0 Å². The molecule has 2 aromatic rings. The van der Waals surface area contributed by atoms with Crippen molar-refractivity contribution < 1.29 is 14.3 Å². The molecule has 1 amide bonds. The Morgan fingerprint density at radius 1 is 1.16 bits per heavy atom. The van der Waals surface area contributed by atoms with Crippen LogP contribution in [0.5, 0.6) is 0 Å². The summed E-state index contributed by atoms with van der Waals surface area (Å²) in [5.41, 5.74) is 2.64. The molecule has 0 bridgehead atoms. The SMILES string of the molecule is C#Cc1ccc(-n2cc(C(=O)OCC)c(N(C(=O)[C@H]3CC[C@H](C)CC3)C(C)C)c2)cc1. The summed E-state index contributed by atoms with van der Waals surface area (Å²) in [5, 5.41) is 0. The molecule has 1 aliphatic carbocycles. The first-order valence-corrected chi connectivity index (χ1v) is 11.1. The summed E-state index contributed by atoms with van der Waals surface area (Å²) in [6.45, 7) is 8.26. The summed E-state index contributed by atoms with van der Waals surface area (Å²) in [5.74, 6) is 2.93. The van der Waals surface area contributed by atoms with Crippen molar-refractivity contribution >= 4 is 17.6 Å². The molecule has 1 fully saturated rings. The number of carbonyl (C=O) groups excluding carboxylic acids is 2. The minimum absolute atomic E-state index is 0.00749. The summed E-state index contributed by atoms with van der Waals surface area (Å²) < 4.78 is 7.16. The Balaban J connectivity index is 2.02. The molecular formula is C26H32N2O3. The van der Waals surface area contributed by atoms with Crippen LogP contribution in [0.15, 0.2) is 36.7 Å². The van der Waals surface area contributed by atoms with Crippen LogP contribution < -0.4 is 4.90 Å². The van der Waals surface area contributed by atoms with E-state index in [1.807, 2.05) is 48.9 Å². The molecule has 0 N–H and O–H groups in total. The first-order chi connectivity index (χ1) is 14.8. The monoisotopic (exact) mass is 420 g/mol. The van der Waals surface area contributed by atoms with E-state index in [0.717, 1.165) is 36.9 Å². The van der Waals surface area contributed by atoms with Crippen LogP contribution >= 0.6 is 0 Å². The van der Waals surface area contributed by atoms with Gasteiger partial charge in [0.2, 0.25) is 5.91 Å². The van der Waals surface area contributed by atoms with Gasteiger partial charge in [-0.15, -0.1) is 6.42 Å². The fourth-order valence-electron chi connectivity index (χ4n) is 4.24. The van der Waals surface area contributed by atoms with Crippen LogP contribution in [0.25, 0.3) is 5.69 Å². The number of hydrogen-bond donors (Lipinski definition) is 0. The number of nitrogens with zero attached hydrogens (tertiary/aromatic N) is 2. The Kier molecular flexibility index (Phi) is 7.22. The van der Waals surface area contributed by atoms with Gasteiger partial charge in [0, 0.05) is 35.6 Å². The average molecular weight is 421 g/mol. The molecule has 0 atom stereocenters. The minimum Gasteiger partial charge on any atom is -0.462 e. The lowest BCUT2D eigenvalue weighted by atomic mass is 9.82. The van der Waals surface area contributed by atoms with Crippen molar-refractivity contribution in [2.75, 3.05) is 11.5 Å². The Labute approximate surface area is 185 Å². The number of carbonyl (C=O) groups is 2. The van der Waals surface area contributed by atoms with Crippen molar-refractivity contribution in [2.24, 2.45) is 11.8 Å². The number of benzene rings is 1. The molecule has 5 heteroatoms. The number of rotatable bonds is 6. The highest BCUT2D eigenvalue weighted by molar-refractivity contribution is 6.03. The molecule has 0 unspecified atom stereocenters. The average Bonchev–Trinajstić information content (AvgIpc) is 3.19. The van der Waals surface area contributed by atoms with Gasteiger partial charge >= 0.3 is 5.97 Å². The largest absolute Gasteiger partial charge is 0.462 e. The van der Waals surface area contributed by atoms with Crippen molar-refractivity contribution in [3.8, 4) is 18.0 Å². The molecule has 3 rings (SSSR count). The zero-order chi connectivity index (χ0) is 22.5. The molecule has 5 nitrogen and oxygen atoms in total. The zero-order valence-corrected chi connectivity index (χ0v) is 18.9. The van der Waals surface area contributed by atoms with Gasteiger partial charge < -0.3 is 14.2 Å². The van der Waals surface area contributed by atoms with Crippen molar-refractivity contribution in [3.63, 3.8) is 0 Å². The molecule has 1 saturated carbocycles.